The summed E-state index contributed by atoms with van der Waals surface area (Å²) >= 11 is 1.92. The molecule has 22 heavy (non-hydrogen) atoms. The van der Waals surface area contributed by atoms with Crippen LogP contribution in [-0.2, 0) is 14.3 Å². The molecule has 0 radical (unpaired) electrons. The van der Waals surface area contributed by atoms with Crippen molar-refractivity contribution in [3.05, 3.63) is 48.0 Å². The van der Waals surface area contributed by atoms with Crippen LogP contribution in [-0.4, -0.2) is 18.3 Å². The first-order chi connectivity index (χ1) is 10.6. The van der Waals surface area contributed by atoms with Crippen molar-refractivity contribution in [1.82, 2.24) is 0 Å². The summed E-state index contributed by atoms with van der Waals surface area (Å²) in [5, 5.41) is 0. The molecule has 0 aliphatic carbocycles. The Kier molecular flexibility index (Phi) is 8.32. The third-order valence-corrected chi connectivity index (χ3v) is 5.22. The highest BCUT2D eigenvalue weighted by molar-refractivity contribution is 8.00. The van der Waals surface area contributed by atoms with Crippen LogP contribution in [0.3, 0.4) is 0 Å². The highest BCUT2D eigenvalue weighted by atomic mass is 32.2. The van der Waals surface area contributed by atoms with Gasteiger partial charge in [-0.2, -0.15) is 0 Å². The van der Waals surface area contributed by atoms with Gasteiger partial charge in [0.05, 0.1) is 0 Å². The van der Waals surface area contributed by atoms with Crippen molar-refractivity contribution in [2.24, 2.45) is 0 Å². The fourth-order valence-electron chi connectivity index (χ4n) is 2.69. The average molecular weight is 320 g/mol. The average Bonchev–Trinajstić information content (AvgIpc) is 2.52. The standard InChI is InChI=1S/C19H28O2S/c1-5-12-19(13-6-2,17-10-8-7-9-11-17)22-15-14-21-18(20)16(3)4/h7-11H,3,5-6,12-15H2,1-2,4H3. The molecule has 0 fully saturated rings. The monoisotopic (exact) mass is 320 g/mol. The minimum atomic E-state index is -0.295. The highest BCUT2D eigenvalue weighted by Crippen LogP contribution is 2.44. The van der Waals surface area contributed by atoms with E-state index in [4.69, 9.17) is 4.74 Å². The lowest BCUT2D eigenvalue weighted by Gasteiger charge is -2.34. The molecule has 1 rings (SSSR count). The van der Waals surface area contributed by atoms with Gasteiger partial charge in [-0.3, -0.25) is 0 Å². The molecule has 2 nitrogen and oxygen atoms in total. The third-order valence-electron chi connectivity index (χ3n) is 3.65. The first-order valence-electron chi connectivity index (χ1n) is 8.08. The van der Waals surface area contributed by atoms with E-state index in [0.717, 1.165) is 31.4 Å². The number of esters is 1. The molecule has 0 unspecified atom stereocenters. The SMILES string of the molecule is C=C(C)C(=O)OCCSC(CCC)(CCC)c1ccccc1. The van der Waals surface area contributed by atoms with Crippen LogP contribution in [0.4, 0.5) is 0 Å². The van der Waals surface area contributed by atoms with E-state index in [2.05, 4.69) is 50.8 Å². The van der Waals surface area contributed by atoms with Gasteiger partial charge in [0.2, 0.25) is 0 Å². The molecule has 0 bridgehead atoms. The first-order valence-corrected chi connectivity index (χ1v) is 9.06. The number of hydrogen-bond donors (Lipinski definition) is 0. The molecule has 0 N–H and O–H groups in total. The number of carbonyl (C=O) groups is 1. The van der Waals surface area contributed by atoms with Crippen LogP contribution in [0.2, 0.25) is 0 Å². The molecule has 1 aromatic carbocycles. The van der Waals surface area contributed by atoms with Gasteiger partial charge in [0.25, 0.3) is 0 Å². The zero-order valence-corrected chi connectivity index (χ0v) is 14.9. The zero-order chi connectivity index (χ0) is 16.4. The van der Waals surface area contributed by atoms with Gasteiger partial charge in [0.15, 0.2) is 0 Å². The van der Waals surface area contributed by atoms with E-state index < -0.39 is 0 Å². The Labute approximate surface area is 139 Å². The molecule has 0 heterocycles. The van der Waals surface area contributed by atoms with E-state index in [9.17, 15) is 4.79 Å². The molecule has 0 amide bonds. The van der Waals surface area contributed by atoms with Gasteiger partial charge in [-0.15, -0.1) is 11.8 Å². The van der Waals surface area contributed by atoms with Gasteiger partial charge < -0.3 is 4.74 Å². The Morgan fingerprint density at radius 3 is 2.27 bits per heavy atom. The number of rotatable bonds is 10. The second kappa shape index (κ2) is 9.73. The van der Waals surface area contributed by atoms with E-state index in [-0.39, 0.29) is 10.7 Å². The van der Waals surface area contributed by atoms with Crippen LogP contribution in [0, 0.1) is 0 Å². The van der Waals surface area contributed by atoms with Crippen LogP contribution < -0.4 is 0 Å². The molecule has 0 aliphatic heterocycles. The largest absolute Gasteiger partial charge is 0.461 e. The van der Waals surface area contributed by atoms with Gasteiger partial charge >= 0.3 is 5.97 Å². The van der Waals surface area contributed by atoms with Gasteiger partial charge in [-0.25, -0.2) is 4.79 Å². The fraction of sp³-hybridized carbons (Fsp3) is 0.526. The van der Waals surface area contributed by atoms with E-state index in [0.29, 0.717) is 12.2 Å². The first kappa shape index (κ1) is 18.8. The lowest BCUT2D eigenvalue weighted by molar-refractivity contribution is -0.138. The van der Waals surface area contributed by atoms with Crippen molar-refractivity contribution in [1.29, 1.82) is 0 Å². The zero-order valence-electron chi connectivity index (χ0n) is 14.1. The highest BCUT2D eigenvalue weighted by Gasteiger charge is 2.30. The molecule has 0 saturated carbocycles. The number of benzene rings is 1. The summed E-state index contributed by atoms with van der Waals surface area (Å²) in [4.78, 5) is 11.5. The topological polar surface area (TPSA) is 26.3 Å². The molecule has 0 spiro atoms. The van der Waals surface area contributed by atoms with E-state index >= 15 is 0 Å². The summed E-state index contributed by atoms with van der Waals surface area (Å²) < 4.78 is 5.36. The molecular formula is C19H28O2S. The number of ether oxygens (including phenoxy) is 1. The van der Waals surface area contributed by atoms with Crippen molar-refractivity contribution in [3.8, 4) is 0 Å². The van der Waals surface area contributed by atoms with Crippen LogP contribution in [0.5, 0.6) is 0 Å². The Morgan fingerprint density at radius 2 is 1.77 bits per heavy atom. The molecular weight excluding hydrogens is 292 g/mol. The van der Waals surface area contributed by atoms with E-state index in [1.165, 1.54) is 5.56 Å². The smallest absolute Gasteiger partial charge is 0.333 e. The van der Waals surface area contributed by atoms with Gasteiger partial charge in [0, 0.05) is 16.1 Å². The van der Waals surface area contributed by atoms with Gasteiger partial charge in [-0.05, 0) is 25.3 Å². The Hall–Kier alpha value is -1.22. The number of thioether (sulfide) groups is 1. The molecule has 0 saturated heterocycles. The van der Waals surface area contributed by atoms with Crippen LogP contribution in [0.1, 0.15) is 52.0 Å². The normalized spacial score (nSPS) is 11.2. The Morgan fingerprint density at radius 1 is 1.18 bits per heavy atom. The Balaban J connectivity index is 2.74. The van der Waals surface area contributed by atoms with Gasteiger partial charge in [0.1, 0.15) is 6.61 Å². The second-order valence-electron chi connectivity index (χ2n) is 5.63. The van der Waals surface area contributed by atoms with Crippen molar-refractivity contribution in [2.45, 2.75) is 51.2 Å². The van der Waals surface area contributed by atoms with Crippen molar-refractivity contribution in [2.75, 3.05) is 12.4 Å². The maximum atomic E-state index is 11.5. The predicted molar refractivity (Wildman–Crippen MR) is 96.2 cm³/mol. The van der Waals surface area contributed by atoms with Crippen molar-refractivity contribution in [3.63, 3.8) is 0 Å². The van der Waals surface area contributed by atoms with Gasteiger partial charge in [-0.1, -0.05) is 63.6 Å². The molecule has 122 valence electrons. The minimum Gasteiger partial charge on any atom is -0.461 e. The van der Waals surface area contributed by atoms with E-state index in [1.807, 2.05) is 11.8 Å². The molecule has 1 aromatic rings. The summed E-state index contributed by atoms with van der Waals surface area (Å²) in [6, 6.07) is 10.7. The van der Waals surface area contributed by atoms with Crippen LogP contribution >= 0.6 is 11.8 Å². The van der Waals surface area contributed by atoms with Crippen LogP contribution in [0.15, 0.2) is 42.5 Å². The predicted octanol–water partition coefficient (Wildman–Crippen LogP) is 5.33. The molecule has 3 heteroatoms. The minimum absolute atomic E-state index is 0.125. The fourth-order valence-corrected chi connectivity index (χ4v) is 4.24. The number of hydrogen-bond acceptors (Lipinski definition) is 3. The lowest BCUT2D eigenvalue weighted by Crippen LogP contribution is -2.23. The molecule has 0 aliphatic rings. The van der Waals surface area contributed by atoms with E-state index in [1.54, 1.807) is 6.92 Å². The van der Waals surface area contributed by atoms with Crippen molar-refractivity contribution >= 4 is 17.7 Å². The number of carbonyl (C=O) groups excluding carboxylic acids is 1. The molecule has 0 aromatic heterocycles. The quantitative estimate of drug-likeness (QED) is 0.331. The second-order valence-corrected chi connectivity index (χ2v) is 7.10. The summed E-state index contributed by atoms with van der Waals surface area (Å²) in [7, 11) is 0. The Bertz CT molecular complexity index is 462. The van der Waals surface area contributed by atoms with Crippen molar-refractivity contribution < 1.29 is 9.53 Å². The molecule has 0 atom stereocenters. The maximum absolute atomic E-state index is 11.5. The summed E-state index contributed by atoms with van der Waals surface area (Å²) in [6.45, 7) is 10.2. The summed E-state index contributed by atoms with van der Waals surface area (Å²) in [5.74, 6) is 0.519. The lowest BCUT2D eigenvalue weighted by atomic mass is 9.89. The van der Waals surface area contributed by atoms with Crippen LogP contribution in [0.25, 0.3) is 0 Å². The summed E-state index contributed by atoms with van der Waals surface area (Å²) in [5.41, 5.74) is 1.84. The maximum Gasteiger partial charge on any atom is 0.333 e. The third kappa shape index (κ3) is 5.53. The summed E-state index contributed by atoms with van der Waals surface area (Å²) in [6.07, 6.45) is 4.58.